The summed E-state index contributed by atoms with van der Waals surface area (Å²) in [5, 5.41) is 14.4. The lowest BCUT2D eigenvalue weighted by atomic mass is 10.00. The van der Waals surface area contributed by atoms with Gasteiger partial charge < -0.3 is 25.1 Å². The molecule has 152 valence electrons. The number of nitrogens with one attached hydrogen (secondary N) is 1. The monoisotopic (exact) mass is 403 g/mol. The molecule has 2 heterocycles. The number of pyridine rings is 1. The van der Waals surface area contributed by atoms with Crippen molar-refractivity contribution in [2.75, 3.05) is 11.1 Å². The molecule has 7 nitrogen and oxygen atoms in total. The van der Waals surface area contributed by atoms with Crippen molar-refractivity contribution >= 4 is 28.1 Å². The fourth-order valence-electron chi connectivity index (χ4n) is 3.51. The van der Waals surface area contributed by atoms with E-state index in [1.165, 1.54) is 10.8 Å². The molecule has 30 heavy (non-hydrogen) atoms. The summed E-state index contributed by atoms with van der Waals surface area (Å²) < 4.78 is 6.87. The highest BCUT2D eigenvalue weighted by atomic mass is 16.3. The number of aryl methyl sites for hydroxylation is 1. The molecule has 0 amide bonds. The zero-order valence-electron chi connectivity index (χ0n) is 16.3. The van der Waals surface area contributed by atoms with Crippen LogP contribution in [0.1, 0.15) is 28.6 Å². The molecule has 1 atom stereocenters. The Morgan fingerprint density at radius 3 is 2.57 bits per heavy atom. The first kappa shape index (κ1) is 19.3. The van der Waals surface area contributed by atoms with E-state index < -0.39 is 17.4 Å². The van der Waals surface area contributed by atoms with Gasteiger partial charge in [0, 0.05) is 30.2 Å². The Labute approximate surface area is 172 Å². The zero-order chi connectivity index (χ0) is 21.3. The van der Waals surface area contributed by atoms with E-state index in [0.717, 1.165) is 5.69 Å². The lowest BCUT2D eigenvalue weighted by molar-refractivity contribution is 0.0969. The largest absolute Gasteiger partial charge is 0.506 e. The molecule has 0 aliphatic carbocycles. The molecule has 4 N–H and O–H groups in total. The summed E-state index contributed by atoms with van der Waals surface area (Å²) >= 11 is 0. The highest BCUT2D eigenvalue weighted by molar-refractivity contribution is 6.03. The summed E-state index contributed by atoms with van der Waals surface area (Å²) in [4.78, 5) is 26.0. The summed E-state index contributed by atoms with van der Waals surface area (Å²) in [6.45, 7) is 0. The average molecular weight is 403 g/mol. The van der Waals surface area contributed by atoms with E-state index >= 15 is 0 Å². The van der Waals surface area contributed by atoms with Gasteiger partial charge in [0.2, 0.25) is 0 Å². The van der Waals surface area contributed by atoms with Crippen molar-refractivity contribution in [2.45, 2.75) is 12.5 Å². The third kappa shape index (κ3) is 3.53. The number of ketones is 1. The van der Waals surface area contributed by atoms with Crippen LogP contribution in [-0.2, 0) is 7.05 Å². The number of nitrogens with zero attached hydrogens (tertiary/aromatic N) is 1. The number of benzene rings is 2. The number of aromatic nitrogens is 1. The molecule has 1 unspecified atom stereocenters. The van der Waals surface area contributed by atoms with E-state index in [9.17, 15) is 14.7 Å². The SMILES string of the molecule is Cn1c(=O)c(C(=O)CC(Nc2ccc(N)cc2)c2ccco2)c(O)c2ccccc21. The summed E-state index contributed by atoms with van der Waals surface area (Å²) in [5.74, 6) is -0.246. The molecular weight excluding hydrogens is 382 g/mol. The Kier molecular flexibility index (Phi) is 5.02. The predicted molar refractivity (Wildman–Crippen MR) is 116 cm³/mol. The van der Waals surface area contributed by atoms with Crippen LogP contribution in [0.15, 0.2) is 76.1 Å². The van der Waals surface area contributed by atoms with Crippen LogP contribution in [0.5, 0.6) is 5.75 Å². The molecule has 4 rings (SSSR count). The van der Waals surface area contributed by atoms with Gasteiger partial charge in [-0.05, 0) is 48.5 Å². The van der Waals surface area contributed by atoms with Gasteiger partial charge in [0.25, 0.3) is 5.56 Å². The number of hydrogen-bond donors (Lipinski definition) is 3. The second-order valence-corrected chi connectivity index (χ2v) is 7.07. The normalized spacial score (nSPS) is 12.0. The number of aromatic hydroxyl groups is 1. The van der Waals surface area contributed by atoms with Crippen LogP contribution in [0.25, 0.3) is 10.9 Å². The fraction of sp³-hybridized carbons (Fsp3) is 0.130. The van der Waals surface area contributed by atoms with Gasteiger partial charge in [-0.1, -0.05) is 12.1 Å². The highest BCUT2D eigenvalue weighted by Crippen LogP contribution is 2.30. The molecule has 0 saturated carbocycles. The van der Waals surface area contributed by atoms with Gasteiger partial charge in [0.05, 0.1) is 17.8 Å². The van der Waals surface area contributed by atoms with E-state index in [2.05, 4.69) is 5.32 Å². The van der Waals surface area contributed by atoms with E-state index in [1.807, 2.05) is 0 Å². The first-order valence-corrected chi connectivity index (χ1v) is 9.45. The second-order valence-electron chi connectivity index (χ2n) is 7.07. The molecule has 2 aromatic carbocycles. The number of anilines is 2. The first-order valence-electron chi connectivity index (χ1n) is 9.45. The standard InChI is InChI=1S/C23H21N3O4/c1-26-18-6-3-2-5-16(18)22(28)21(23(26)29)19(27)13-17(20-7-4-12-30-20)25-15-10-8-14(24)9-11-15/h2-12,17,25,28H,13,24H2,1H3. The van der Waals surface area contributed by atoms with Gasteiger partial charge in [-0.3, -0.25) is 9.59 Å². The molecule has 0 bridgehead atoms. The Balaban J connectivity index is 1.71. The summed E-state index contributed by atoms with van der Waals surface area (Å²) in [6.07, 6.45) is 1.43. The van der Waals surface area contributed by atoms with Crippen molar-refractivity contribution in [1.29, 1.82) is 0 Å². The van der Waals surface area contributed by atoms with Gasteiger partial charge in [-0.15, -0.1) is 0 Å². The van der Waals surface area contributed by atoms with E-state index in [0.29, 0.717) is 22.4 Å². The molecule has 0 saturated heterocycles. The molecule has 4 aromatic rings. The Hall–Kier alpha value is -4.00. The Bertz CT molecular complexity index is 1260. The molecule has 0 fully saturated rings. The number of nitrogen functional groups attached to an aromatic ring is 1. The molecule has 0 spiro atoms. The molecule has 7 heteroatoms. The molecular formula is C23H21N3O4. The van der Waals surface area contributed by atoms with Gasteiger partial charge in [-0.2, -0.15) is 0 Å². The van der Waals surface area contributed by atoms with Crippen LogP contribution in [0, 0.1) is 0 Å². The molecule has 0 aliphatic rings. The minimum absolute atomic E-state index is 0.0843. The van der Waals surface area contributed by atoms with Gasteiger partial charge in [0.15, 0.2) is 5.78 Å². The van der Waals surface area contributed by atoms with E-state index in [4.69, 9.17) is 10.2 Å². The highest BCUT2D eigenvalue weighted by Gasteiger charge is 2.25. The number of nitrogens with two attached hydrogens (primary N) is 1. The number of fused-ring (bicyclic) bond motifs is 1. The number of hydrogen-bond acceptors (Lipinski definition) is 6. The van der Waals surface area contributed by atoms with Crippen LogP contribution in [0.4, 0.5) is 11.4 Å². The van der Waals surface area contributed by atoms with Crippen LogP contribution < -0.4 is 16.6 Å². The van der Waals surface area contributed by atoms with Crippen molar-refractivity contribution in [1.82, 2.24) is 4.57 Å². The van der Waals surface area contributed by atoms with Crippen LogP contribution in [-0.4, -0.2) is 15.5 Å². The van der Waals surface area contributed by atoms with Crippen molar-refractivity contribution in [3.8, 4) is 5.75 Å². The second kappa shape index (κ2) is 7.79. The lowest BCUT2D eigenvalue weighted by Crippen LogP contribution is -2.26. The summed E-state index contributed by atoms with van der Waals surface area (Å²) in [5.41, 5.74) is 6.89. The van der Waals surface area contributed by atoms with E-state index in [-0.39, 0.29) is 17.7 Å². The zero-order valence-corrected chi connectivity index (χ0v) is 16.3. The fourth-order valence-corrected chi connectivity index (χ4v) is 3.51. The summed E-state index contributed by atoms with van der Waals surface area (Å²) in [6, 6.07) is 16.9. The van der Waals surface area contributed by atoms with Crippen LogP contribution in [0.2, 0.25) is 0 Å². The Morgan fingerprint density at radius 2 is 1.87 bits per heavy atom. The smallest absolute Gasteiger partial charge is 0.265 e. The van der Waals surface area contributed by atoms with Gasteiger partial charge in [0.1, 0.15) is 17.1 Å². The molecule has 0 aliphatic heterocycles. The van der Waals surface area contributed by atoms with Crippen molar-refractivity contribution in [3.05, 3.63) is 88.6 Å². The van der Waals surface area contributed by atoms with Crippen molar-refractivity contribution in [2.24, 2.45) is 7.05 Å². The van der Waals surface area contributed by atoms with Crippen LogP contribution >= 0.6 is 0 Å². The number of para-hydroxylation sites is 1. The third-order valence-corrected chi connectivity index (χ3v) is 5.08. The minimum atomic E-state index is -0.540. The third-order valence-electron chi connectivity index (χ3n) is 5.08. The van der Waals surface area contributed by atoms with Crippen molar-refractivity contribution in [3.63, 3.8) is 0 Å². The molecule has 2 aromatic heterocycles. The number of carbonyl (C=O) groups is 1. The van der Waals surface area contributed by atoms with Crippen LogP contribution in [0.3, 0.4) is 0 Å². The average Bonchev–Trinajstić information content (AvgIpc) is 3.28. The number of rotatable bonds is 6. The lowest BCUT2D eigenvalue weighted by Gasteiger charge is -2.18. The number of furan rings is 1. The predicted octanol–water partition coefficient (Wildman–Crippen LogP) is 3.85. The van der Waals surface area contributed by atoms with Gasteiger partial charge in [-0.25, -0.2) is 0 Å². The van der Waals surface area contributed by atoms with E-state index in [1.54, 1.807) is 67.7 Å². The maximum Gasteiger partial charge on any atom is 0.265 e. The first-order chi connectivity index (χ1) is 14.5. The molecule has 0 radical (unpaired) electrons. The minimum Gasteiger partial charge on any atom is -0.506 e. The maximum absolute atomic E-state index is 13.2. The summed E-state index contributed by atoms with van der Waals surface area (Å²) in [7, 11) is 1.58. The maximum atomic E-state index is 13.2. The number of Topliss-reactive ketones (excluding diaryl/α,β-unsaturated/α-hetero) is 1. The van der Waals surface area contributed by atoms with Gasteiger partial charge >= 0.3 is 0 Å². The van der Waals surface area contributed by atoms with Crippen molar-refractivity contribution < 1.29 is 14.3 Å². The topological polar surface area (TPSA) is 110 Å². The Morgan fingerprint density at radius 1 is 1.13 bits per heavy atom. The quantitative estimate of drug-likeness (QED) is 0.333. The number of carbonyl (C=O) groups excluding carboxylic acids is 1.